The first-order chi connectivity index (χ1) is 9.45. The Bertz CT molecular complexity index is 333. The third-order valence-electron chi connectivity index (χ3n) is 2.20. The van der Waals surface area contributed by atoms with E-state index in [9.17, 15) is 4.79 Å². The lowest BCUT2D eigenvalue weighted by atomic mass is 9.99. The lowest BCUT2D eigenvalue weighted by Gasteiger charge is -2.17. The zero-order valence-corrected chi connectivity index (χ0v) is 13.2. The molecule has 0 bridgehead atoms. The van der Waals surface area contributed by atoms with Gasteiger partial charge in [-0.2, -0.15) is 0 Å². The molecule has 0 rings (SSSR count). The van der Waals surface area contributed by atoms with Crippen molar-refractivity contribution in [3.63, 3.8) is 0 Å². The van der Waals surface area contributed by atoms with Crippen molar-refractivity contribution in [1.82, 2.24) is 0 Å². The highest BCUT2D eigenvalue weighted by atomic mass is 16.7. The third kappa shape index (κ3) is 14.6. The minimum atomic E-state index is -0.607. The molecule has 0 unspecified atom stereocenters. The van der Waals surface area contributed by atoms with Crippen LogP contribution in [-0.2, 0) is 9.47 Å². The van der Waals surface area contributed by atoms with Crippen molar-refractivity contribution in [2.45, 2.75) is 47.0 Å². The molecule has 0 heterocycles. The summed E-state index contributed by atoms with van der Waals surface area (Å²) in [6, 6.07) is 0. The molecule has 0 saturated heterocycles. The molecule has 0 aliphatic carbocycles. The number of carbonyl (C=O) groups excluding carboxylic acids is 1. The summed E-state index contributed by atoms with van der Waals surface area (Å²) in [5, 5.41) is 0. The van der Waals surface area contributed by atoms with Crippen LogP contribution in [0.25, 0.3) is 0 Å². The number of ether oxygens (including phenoxy) is 2. The molecular formula is C17H28O3. The van der Waals surface area contributed by atoms with E-state index in [4.69, 9.17) is 9.47 Å². The van der Waals surface area contributed by atoms with Crippen molar-refractivity contribution in [3.05, 3.63) is 36.5 Å². The fourth-order valence-corrected chi connectivity index (χ4v) is 1.21. The minimum absolute atomic E-state index is 0.0358. The van der Waals surface area contributed by atoms with Crippen LogP contribution in [0.15, 0.2) is 36.5 Å². The summed E-state index contributed by atoms with van der Waals surface area (Å²) in [5.41, 5.74) is -0.0358. The van der Waals surface area contributed by atoms with Gasteiger partial charge in [-0.1, -0.05) is 64.2 Å². The molecule has 0 aromatic carbocycles. The average Bonchev–Trinajstić information content (AvgIpc) is 2.38. The minimum Gasteiger partial charge on any atom is -0.434 e. The van der Waals surface area contributed by atoms with E-state index < -0.39 is 6.16 Å². The summed E-state index contributed by atoms with van der Waals surface area (Å²) in [5.74, 6) is 0. The SMILES string of the molecule is CC/C=C\C/C=C\C/C=C\COC(=O)OCC(C)(C)C. The Morgan fingerprint density at radius 1 is 0.900 bits per heavy atom. The number of carbonyl (C=O) groups is 1. The highest BCUT2D eigenvalue weighted by Gasteiger charge is 2.13. The number of hydrogen-bond donors (Lipinski definition) is 0. The van der Waals surface area contributed by atoms with Gasteiger partial charge in [-0.15, -0.1) is 0 Å². The van der Waals surface area contributed by atoms with Crippen molar-refractivity contribution in [2.24, 2.45) is 5.41 Å². The number of allylic oxidation sites excluding steroid dienone is 5. The van der Waals surface area contributed by atoms with Gasteiger partial charge in [0.05, 0.1) is 6.61 Å². The standard InChI is InChI=1S/C17H28O3/c1-5-6-7-8-9-10-11-12-13-14-19-16(18)20-15-17(2,3)4/h6-7,9-10,12-13H,5,8,11,14-15H2,1-4H3/b7-6-,10-9-,13-12-. The largest absolute Gasteiger partial charge is 0.508 e. The highest BCUT2D eigenvalue weighted by Crippen LogP contribution is 2.13. The third-order valence-corrected chi connectivity index (χ3v) is 2.20. The Morgan fingerprint density at radius 2 is 1.45 bits per heavy atom. The molecule has 0 radical (unpaired) electrons. The van der Waals surface area contributed by atoms with E-state index in [1.54, 1.807) is 0 Å². The lowest BCUT2D eigenvalue weighted by Crippen LogP contribution is -2.19. The molecule has 0 fully saturated rings. The Morgan fingerprint density at radius 3 is 2.00 bits per heavy atom. The normalized spacial score (nSPS) is 12.6. The molecule has 0 aliphatic rings. The van der Waals surface area contributed by atoms with E-state index in [1.807, 2.05) is 32.9 Å². The smallest absolute Gasteiger partial charge is 0.434 e. The van der Waals surface area contributed by atoms with Gasteiger partial charge in [-0.3, -0.25) is 0 Å². The van der Waals surface area contributed by atoms with Gasteiger partial charge in [-0.25, -0.2) is 4.79 Å². The average molecular weight is 280 g/mol. The molecular weight excluding hydrogens is 252 g/mol. The van der Waals surface area contributed by atoms with Crippen molar-refractivity contribution in [2.75, 3.05) is 13.2 Å². The van der Waals surface area contributed by atoms with Crippen LogP contribution in [0.5, 0.6) is 0 Å². The maximum absolute atomic E-state index is 11.2. The fourth-order valence-electron chi connectivity index (χ4n) is 1.21. The Kier molecular flexibility index (Phi) is 10.5. The van der Waals surface area contributed by atoms with Gasteiger partial charge in [0.1, 0.15) is 6.61 Å². The maximum Gasteiger partial charge on any atom is 0.508 e. The first-order valence-electron chi connectivity index (χ1n) is 7.20. The summed E-state index contributed by atoms with van der Waals surface area (Å²) in [6.45, 7) is 8.75. The molecule has 0 N–H and O–H groups in total. The molecule has 0 saturated carbocycles. The van der Waals surface area contributed by atoms with E-state index in [1.165, 1.54) is 0 Å². The van der Waals surface area contributed by atoms with Gasteiger partial charge in [0.15, 0.2) is 0 Å². The van der Waals surface area contributed by atoms with E-state index in [-0.39, 0.29) is 12.0 Å². The molecule has 0 atom stereocenters. The summed E-state index contributed by atoms with van der Waals surface area (Å²) < 4.78 is 9.89. The van der Waals surface area contributed by atoms with Crippen LogP contribution in [0.3, 0.4) is 0 Å². The second-order valence-electron chi connectivity index (χ2n) is 5.70. The van der Waals surface area contributed by atoms with Crippen molar-refractivity contribution < 1.29 is 14.3 Å². The zero-order chi connectivity index (χ0) is 15.3. The predicted molar refractivity (Wildman–Crippen MR) is 83.7 cm³/mol. The van der Waals surface area contributed by atoms with Crippen LogP contribution < -0.4 is 0 Å². The first kappa shape index (κ1) is 18.5. The Hall–Kier alpha value is -1.51. The molecule has 20 heavy (non-hydrogen) atoms. The summed E-state index contributed by atoms with van der Waals surface area (Å²) in [4.78, 5) is 11.2. The van der Waals surface area contributed by atoms with Gasteiger partial charge in [0.25, 0.3) is 0 Å². The lowest BCUT2D eigenvalue weighted by molar-refractivity contribution is 0.0396. The fraction of sp³-hybridized carbons (Fsp3) is 0.588. The monoisotopic (exact) mass is 280 g/mol. The summed E-state index contributed by atoms with van der Waals surface area (Å²) >= 11 is 0. The quantitative estimate of drug-likeness (QED) is 0.461. The molecule has 0 spiro atoms. The van der Waals surface area contributed by atoms with Crippen molar-refractivity contribution in [3.8, 4) is 0 Å². The highest BCUT2D eigenvalue weighted by molar-refractivity contribution is 5.59. The molecule has 3 nitrogen and oxygen atoms in total. The van der Waals surface area contributed by atoms with E-state index in [0.29, 0.717) is 6.61 Å². The van der Waals surface area contributed by atoms with Crippen LogP contribution in [0.1, 0.15) is 47.0 Å². The van der Waals surface area contributed by atoms with Gasteiger partial charge in [-0.05, 0) is 24.7 Å². The van der Waals surface area contributed by atoms with Gasteiger partial charge < -0.3 is 9.47 Å². The van der Waals surface area contributed by atoms with E-state index in [2.05, 4.69) is 31.2 Å². The zero-order valence-electron chi connectivity index (χ0n) is 13.2. The van der Waals surface area contributed by atoms with Crippen LogP contribution in [0.2, 0.25) is 0 Å². The van der Waals surface area contributed by atoms with Crippen LogP contribution >= 0.6 is 0 Å². The van der Waals surface area contributed by atoms with Crippen LogP contribution in [0.4, 0.5) is 4.79 Å². The molecule has 0 aromatic heterocycles. The number of hydrogen-bond acceptors (Lipinski definition) is 3. The maximum atomic E-state index is 11.2. The van der Waals surface area contributed by atoms with Gasteiger partial charge in [0.2, 0.25) is 0 Å². The van der Waals surface area contributed by atoms with Gasteiger partial charge >= 0.3 is 6.16 Å². The molecule has 0 aliphatic heterocycles. The Labute approximate surface area is 123 Å². The molecule has 114 valence electrons. The number of rotatable bonds is 8. The molecule has 0 aromatic rings. The van der Waals surface area contributed by atoms with E-state index in [0.717, 1.165) is 19.3 Å². The second-order valence-corrected chi connectivity index (χ2v) is 5.70. The van der Waals surface area contributed by atoms with Crippen LogP contribution in [0, 0.1) is 5.41 Å². The summed E-state index contributed by atoms with van der Waals surface area (Å²) in [7, 11) is 0. The van der Waals surface area contributed by atoms with Crippen molar-refractivity contribution in [1.29, 1.82) is 0 Å². The topological polar surface area (TPSA) is 35.5 Å². The van der Waals surface area contributed by atoms with E-state index >= 15 is 0 Å². The van der Waals surface area contributed by atoms with Crippen molar-refractivity contribution >= 4 is 6.16 Å². The first-order valence-corrected chi connectivity index (χ1v) is 7.20. The summed E-state index contributed by atoms with van der Waals surface area (Å²) in [6.07, 6.45) is 14.6. The predicted octanol–water partition coefficient (Wildman–Crippen LogP) is 5.04. The Balaban J connectivity index is 3.56. The second kappa shape index (κ2) is 11.3. The molecule has 3 heteroatoms. The van der Waals surface area contributed by atoms with Crippen LogP contribution in [-0.4, -0.2) is 19.4 Å². The van der Waals surface area contributed by atoms with Gasteiger partial charge in [0, 0.05) is 0 Å². The molecule has 0 amide bonds.